The molecule has 1 aliphatic rings. The van der Waals surface area contributed by atoms with Crippen molar-refractivity contribution in [2.45, 2.75) is 0 Å². The van der Waals surface area contributed by atoms with Crippen molar-refractivity contribution in [2.75, 3.05) is 25.0 Å². The largest absolute Gasteiger partial charge is 0.323 e. The van der Waals surface area contributed by atoms with Crippen molar-refractivity contribution >= 4 is 35.7 Å². The fourth-order valence-electron chi connectivity index (χ4n) is 1.46. The second-order valence-electron chi connectivity index (χ2n) is 3.39. The summed E-state index contributed by atoms with van der Waals surface area (Å²) in [4.78, 5) is 9.62. The molecule has 0 radical (unpaired) electrons. The molecule has 0 saturated carbocycles. The number of terminal acetylenes is 1. The van der Waals surface area contributed by atoms with Gasteiger partial charge in [-0.1, -0.05) is 29.7 Å². The van der Waals surface area contributed by atoms with E-state index in [4.69, 9.17) is 22.9 Å². The molecular formula is C12H13Cl2N3O. The molecule has 1 aromatic rings. The third kappa shape index (κ3) is 3.54. The number of guanidine groups is 1. The van der Waals surface area contributed by atoms with Gasteiger partial charge in [-0.15, -0.1) is 18.8 Å². The monoisotopic (exact) mass is 285 g/mol. The molecule has 0 aromatic heterocycles. The first-order chi connectivity index (χ1) is 8.31. The molecule has 0 atom stereocenters. The summed E-state index contributed by atoms with van der Waals surface area (Å²) < 4.78 is 0. The van der Waals surface area contributed by atoms with Gasteiger partial charge in [-0.2, -0.15) is 0 Å². The number of hydrogen-bond acceptors (Lipinski definition) is 4. The number of nitrogens with one attached hydrogen (secondary N) is 1. The summed E-state index contributed by atoms with van der Waals surface area (Å²) in [5.74, 6) is 3.05. The van der Waals surface area contributed by atoms with E-state index < -0.39 is 0 Å². The van der Waals surface area contributed by atoms with E-state index in [-0.39, 0.29) is 19.0 Å². The van der Waals surface area contributed by atoms with Gasteiger partial charge >= 0.3 is 0 Å². The molecule has 0 fully saturated rings. The second-order valence-corrected chi connectivity index (χ2v) is 3.80. The quantitative estimate of drug-likeness (QED) is 0.867. The molecule has 6 heteroatoms. The highest BCUT2D eigenvalue weighted by Gasteiger charge is 2.18. The molecule has 0 amide bonds. The first-order valence-electron chi connectivity index (χ1n) is 5.21. The van der Waals surface area contributed by atoms with Crippen LogP contribution in [0.2, 0.25) is 5.02 Å². The highest BCUT2D eigenvalue weighted by molar-refractivity contribution is 6.33. The highest BCUT2D eigenvalue weighted by Crippen LogP contribution is 2.21. The number of para-hydroxylation sites is 1. The van der Waals surface area contributed by atoms with Crippen molar-refractivity contribution in [3.63, 3.8) is 0 Å². The van der Waals surface area contributed by atoms with E-state index in [1.807, 2.05) is 24.3 Å². The minimum Gasteiger partial charge on any atom is -0.323 e. The fraction of sp³-hybridized carbons (Fsp3) is 0.250. The van der Waals surface area contributed by atoms with Crippen molar-refractivity contribution in [1.29, 1.82) is 0 Å². The summed E-state index contributed by atoms with van der Waals surface area (Å²) in [6, 6.07) is 7.46. The van der Waals surface area contributed by atoms with E-state index >= 15 is 0 Å². The first kappa shape index (κ1) is 14.7. The van der Waals surface area contributed by atoms with E-state index in [0.29, 0.717) is 24.1 Å². The molecule has 18 heavy (non-hydrogen) atoms. The van der Waals surface area contributed by atoms with E-state index in [1.165, 1.54) is 0 Å². The molecule has 4 nitrogen and oxygen atoms in total. The minimum absolute atomic E-state index is 0. The standard InChI is InChI=1S/C12H12ClN3O.ClH/c1-2-9-17-16-8-7-14-12(16)15-11-6-4-3-5-10(11)13;/h1,3-6H,7-9H2,(H,14,15);1H. The van der Waals surface area contributed by atoms with Crippen LogP contribution in [0, 0.1) is 12.3 Å². The Morgan fingerprint density at radius 1 is 1.50 bits per heavy atom. The minimum atomic E-state index is 0. The van der Waals surface area contributed by atoms with Crippen LogP contribution in [-0.2, 0) is 4.84 Å². The summed E-state index contributed by atoms with van der Waals surface area (Å²) in [6.45, 7) is 1.59. The number of anilines is 1. The van der Waals surface area contributed by atoms with Crippen LogP contribution < -0.4 is 5.32 Å². The molecule has 1 heterocycles. The van der Waals surface area contributed by atoms with Crippen LogP contribution in [0.4, 0.5) is 5.69 Å². The maximum Gasteiger partial charge on any atom is 0.223 e. The zero-order valence-electron chi connectivity index (χ0n) is 9.60. The molecule has 0 aliphatic carbocycles. The molecule has 2 rings (SSSR count). The maximum absolute atomic E-state index is 6.05. The number of halogens is 2. The number of nitrogens with zero attached hydrogens (tertiary/aromatic N) is 2. The molecule has 0 spiro atoms. The van der Waals surface area contributed by atoms with E-state index in [0.717, 1.165) is 5.69 Å². The predicted molar refractivity (Wildman–Crippen MR) is 76.1 cm³/mol. The van der Waals surface area contributed by atoms with Gasteiger partial charge in [-0.3, -0.25) is 4.84 Å². The zero-order valence-corrected chi connectivity index (χ0v) is 11.2. The van der Waals surface area contributed by atoms with Gasteiger partial charge in [-0.25, -0.2) is 10.1 Å². The molecule has 0 bridgehead atoms. The number of benzene rings is 1. The second kappa shape index (κ2) is 7.12. The lowest BCUT2D eigenvalue weighted by molar-refractivity contribution is -0.0739. The Kier molecular flexibility index (Phi) is 5.79. The third-order valence-electron chi connectivity index (χ3n) is 2.22. The summed E-state index contributed by atoms with van der Waals surface area (Å²) in [5, 5.41) is 5.40. The van der Waals surface area contributed by atoms with Crippen LogP contribution >= 0.6 is 24.0 Å². The molecule has 1 N–H and O–H groups in total. The predicted octanol–water partition coefficient (Wildman–Crippen LogP) is 2.41. The molecule has 1 aromatic carbocycles. The molecule has 96 valence electrons. The average molecular weight is 286 g/mol. The highest BCUT2D eigenvalue weighted by atomic mass is 35.5. The lowest BCUT2D eigenvalue weighted by Crippen LogP contribution is -2.33. The lowest BCUT2D eigenvalue weighted by atomic mass is 10.3. The molecule has 0 saturated heterocycles. The Morgan fingerprint density at radius 3 is 3.00 bits per heavy atom. The number of rotatable bonds is 3. The summed E-state index contributed by atoms with van der Waals surface area (Å²) in [7, 11) is 0. The van der Waals surface area contributed by atoms with Gasteiger partial charge in [-0.05, 0) is 12.1 Å². The topological polar surface area (TPSA) is 36.9 Å². The van der Waals surface area contributed by atoms with Gasteiger partial charge in [0.1, 0.15) is 6.61 Å². The van der Waals surface area contributed by atoms with E-state index in [9.17, 15) is 0 Å². The van der Waals surface area contributed by atoms with Gasteiger partial charge in [0.15, 0.2) is 0 Å². The fourth-order valence-corrected chi connectivity index (χ4v) is 1.64. The summed E-state index contributed by atoms with van der Waals surface area (Å²) in [5.41, 5.74) is 0.795. The van der Waals surface area contributed by atoms with Gasteiger partial charge in [0.25, 0.3) is 0 Å². The summed E-state index contributed by atoms with van der Waals surface area (Å²) in [6.07, 6.45) is 5.15. The SMILES string of the molecule is C#CCON1CCN=C1Nc1ccccc1Cl.Cl. The van der Waals surface area contributed by atoms with E-state index in [1.54, 1.807) is 5.06 Å². The van der Waals surface area contributed by atoms with Gasteiger partial charge in [0, 0.05) is 0 Å². The van der Waals surface area contributed by atoms with Crippen molar-refractivity contribution in [1.82, 2.24) is 5.06 Å². The Labute approximate surface area is 117 Å². The van der Waals surface area contributed by atoms with Gasteiger partial charge in [0.2, 0.25) is 5.96 Å². The first-order valence-corrected chi connectivity index (χ1v) is 5.59. The van der Waals surface area contributed by atoms with Crippen molar-refractivity contribution < 1.29 is 4.84 Å². The molecular weight excluding hydrogens is 273 g/mol. The third-order valence-corrected chi connectivity index (χ3v) is 2.55. The van der Waals surface area contributed by atoms with Crippen LogP contribution in [0.25, 0.3) is 0 Å². The Bertz CT molecular complexity index is 471. The van der Waals surface area contributed by atoms with Crippen molar-refractivity contribution in [3.8, 4) is 12.3 Å². The van der Waals surface area contributed by atoms with Crippen LogP contribution in [0.1, 0.15) is 0 Å². The lowest BCUT2D eigenvalue weighted by Gasteiger charge is -2.19. The Balaban J connectivity index is 0.00000162. The zero-order chi connectivity index (χ0) is 12.1. The van der Waals surface area contributed by atoms with Crippen molar-refractivity contribution in [3.05, 3.63) is 29.3 Å². The van der Waals surface area contributed by atoms with Gasteiger partial charge < -0.3 is 5.32 Å². The maximum atomic E-state index is 6.05. The Morgan fingerprint density at radius 2 is 2.28 bits per heavy atom. The number of hydrogen-bond donors (Lipinski definition) is 1. The number of aliphatic imine (C=N–C) groups is 1. The summed E-state index contributed by atoms with van der Waals surface area (Å²) >= 11 is 6.05. The van der Waals surface area contributed by atoms with Crippen LogP contribution in [0.3, 0.4) is 0 Å². The van der Waals surface area contributed by atoms with E-state index in [2.05, 4.69) is 16.2 Å². The normalized spacial score (nSPS) is 13.6. The van der Waals surface area contributed by atoms with Crippen molar-refractivity contribution in [2.24, 2.45) is 4.99 Å². The Hall–Kier alpha value is -1.41. The van der Waals surface area contributed by atoms with Gasteiger partial charge in [0.05, 0.1) is 23.8 Å². The average Bonchev–Trinajstić information content (AvgIpc) is 2.77. The van der Waals surface area contributed by atoms with Crippen LogP contribution in [0.5, 0.6) is 0 Å². The smallest absolute Gasteiger partial charge is 0.223 e. The number of hydroxylamine groups is 2. The molecule has 0 unspecified atom stereocenters. The van der Waals surface area contributed by atoms with Crippen LogP contribution in [-0.4, -0.2) is 30.7 Å². The molecule has 1 aliphatic heterocycles. The van der Waals surface area contributed by atoms with Crippen LogP contribution in [0.15, 0.2) is 29.3 Å².